The van der Waals surface area contributed by atoms with Crippen LogP contribution >= 0.6 is 35.0 Å². The maximum atomic E-state index is 12.4. The Hall–Kier alpha value is -2.09. The van der Waals surface area contributed by atoms with Gasteiger partial charge < -0.3 is 5.32 Å². The fourth-order valence-corrected chi connectivity index (χ4v) is 4.44. The molecule has 0 aliphatic carbocycles. The van der Waals surface area contributed by atoms with Crippen LogP contribution in [0.1, 0.15) is 19.3 Å². The number of hydrogen-bond acceptors (Lipinski definition) is 5. The SMILES string of the molecule is O=C1NCCCCC1Sc1nnc(-c2cccnc2)n1-c1ccc(Cl)c(Cl)c1. The maximum absolute atomic E-state index is 12.4. The second-order valence-corrected chi connectivity index (χ2v) is 8.36. The first-order valence-corrected chi connectivity index (χ1v) is 10.5. The molecule has 1 aliphatic rings. The average Bonchev–Trinajstić information content (AvgIpc) is 3.02. The Kier molecular flexibility index (Phi) is 5.85. The molecule has 0 saturated carbocycles. The Morgan fingerprint density at radius 1 is 1.14 bits per heavy atom. The van der Waals surface area contributed by atoms with Crippen molar-refractivity contribution in [1.29, 1.82) is 0 Å². The fourth-order valence-electron chi connectivity index (χ4n) is 3.04. The van der Waals surface area contributed by atoms with Crippen molar-refractivity contribution in [3.63, 3.8) is 0 Å². The number of aromatic nitrogens is 4. The van der Waals surface area contributed by atoms with E-state index in [9.17, 15) is 4.79 Å². The van der Waals surface area contributed by atoms with E-state index in [0.717, 1.165) is 37.1 Å². The lowest BCUT2D eigenvalue weighted by Gasteiger charge is -2.15. The molecular weight excluding hydrogens is 417 g/mol. The lowest BCUT2D eigenvalue weighted by atomic mass is 10.2. The van der Waals surface area contributed by atoms with Gasteiger partial charge in [-0.1, -0.05) is 41.4 Å². The summed E-state index contributed by atoms with van der Waals surface area (Å²) in [6.45, 7) is 0.719. The summed E-state index contributed by atoms with van der Waals surface area (Å²) in [6, 6.07) is 9.12. The third-order valence-corrected chi connectivity index (χ3v) is 6.40. The molecule has 0 spiro atoms. The smallest absolute Gasteiger partial charge is 0.233 e. The lowest BCUT2D eigenvalue weighted by molar-refractivity contribution is -0.120. The van der Waals surface area contributed by atoms with Crippen LogP contribution in [0.15, 0.2) is 47.9 Å². The van der Waals surface area contributed by atoms with Gasteiger partial charge >= 0.3 is 0 Å². The van der Waals surface area contributed by atoms with Gasteiger partial charge in [-0.05, 0) is 43.2 Å². The number of halogens is 2. The van der Waals surface area contributed by atoms with Crippen LogP contribution in [0.5, 0.6) is 0 Å². The van der Waals surface area contributed by atoms with Crippen molar-refractivity contribution in [3.05, 3.63) is 52.8 Å². The number of amides is 1. The Morgan fingerprint density at radius 3 is 2.82 bits per heavy atom. The van der Waals surface area contributed by atoms with Crippen LogP contribution in [0.25, 0.3) is 17.1 Å². The van der Waals surface area contributed by atoms with E-state index < -0.39 is 0 Å². The van der Waals surface area contributed by atoms with E-state index in [1.807, 2.05) is 22.8 Å². The van der Waals surface area contributed by atoms with Crippen molar-refractivity contribution in [2.45, 2.75) is 29.7 Å². The predicted octanol–water partition coefficient (Wildman–Crippen LogP) is 4.40. The van der Waals surface area contributed by atoms with Gasteiger partial charge in [0.2, 0.25) is 5.91 Å². The molecule has 0 radical (unpaired) electrons. The van der Waals surface area contributed by atoms with Gasteiger partial charge in [-0.2, -0.15) is 0 Å². The van der Waals surface area contributed by atoms with Crippen molar-refractivity contribution in [3.8, 4) is 17.1 Å². The molecule has 1 fully saturated rings. The number of thioether (sulfide) groups is 1. The molecule has 6 nitrogen and oxygen atoms in total. The summed E-state index contributed by atoms with van der Waals surface area (Å²) in [7, 11) is 0. The van der Waals surface area contributed by atoms with E-state index in [0.29, 0.717) is 21.0 Å². The molecule has 1 amide bonds. The van der Waals surface area contributed by atoms with E-state index in [2.05, 4.69) is 20.5 Å². The molecule has 1 unspecified atom stereocenters. The summed E-state index contributed by atoms with van der Waals surface area (Å²) in [4.78, 5) is 16.6. The van der Waals surface area contributed by atoms with E-state index in [-0.39, 0.29) is 11.2 Å². The topological polar surface area (TPSA) is 72.7 Å². The second kappa shape index (κ2) is 8.51. The quantitative estimate of drug-likeness (QED) is 0.659. The maximum Gasteiger partial charge on any atom is 0.233 e. The number of nitrogens with zero attached hydrogens (tertiary/aromatic N) is 4. The van der Waals surface area contributed by atoms with Gasteiger partial charge in [0.15, 0.2) is 11.0 Å². The first-order chi connectivity index (χ1) is 13.6. The minimum absolute atomic E-state index is 0.0362. The molecule has 2 aromatic heterocycles. The van der Waals surface area contributed by atoms with E-state index in [1.54, 1.807) is 24.5 Å². The zero-order valence-corrected chi connectivity index (χ0v) is 17.1. The third-order valence-electron chi connectivity index (χ3n) is 4.45. The Labute approximate surface area is 176 Å². The average molecular weight is 434 g/mol. The van der Waals surface area contributed by atoms with Gasteiger partial charge in [0.25, 0.3) is 0 Å². The van der Waals surface area contributed by atoms with Gasteiger partial charge in [-0.25, -0.2) is 0 Å². The number of benzene rings is 1. The molecule has 0 bridgehead atoms. The zero-order valence-electron chi connectivity index (χ0n) is 14.8. The highest BCUT2D eigenvalue weighted by Gasteiger charge is 2.26. The minimum Gasteiger partial charge on any atom is -0.355 e. The van der Waals surface area contributed by atoms with Gasteiger partial charge in [-0.15, -0.1) is 10.2 Å². The lowest BCUT2D eigenvalue weighted by Crippen LogP contribution is -2.30. The van der Waals surface area contributed by atoms with Crippen molar-refractivity contribution >= 4 is 40.9 Å². The van der Waals surface area contributed by atoms with Crippen LogP contribution in [-0.4, -0.2) is 37.5 Å². The van der Waals surface area contributed by atoms with Crippen molar-refractivity contribution in [2.24, 2.45) is 0 Å². The summed E-state index contributed by atoms with van der Waals surface area (Å²) in [5, 5.41) is 13.0. The molecule has 1 aromatic carbocycles. The number of pyridine rings is 1. The van der Waals surface area contributed by atoms with E-state index in [1.165, 1.54) is 11.8 Å². The molecule has 9 heteroatoms. The van der Waals surface area contributed by atoms with Gasteiger partial charge in [-0.3, -0.25) is 14.3 Å². The summed E-state index contributed by atoms with van der Waals surface area (Å²) in [6.07, 6.45) is 6.21. The number of carbonyl (C=O) groups is 1. The Bertz CT molecular complexity index is 995. The molecule has 1 atom stereocenters. The van der Waals surface area contributed by atoms with Crippen molar-refractivity contribution in [1.82, 2.24) is 25.1 Å². The number of rotatable bonds is 4. The van der Waals surface area contributed by atoms with Crippen LogP contribution in [-0.2, 0) is 4.79 Å². The monoisotopic (exact) mass is 433 g/mol. The standard InChI is InChI=1S/C19H17Cl2N5OS/c20-14-7-6-13(10-15(14)21)26-17(12-4-3-8-22-11-12)24-25-19(26)28-16-5-1-2-9-23-18(16)27/h3-4,6-8,10-11,16H,1-2,5,9H2,(H,23,27). The molecule has 4 rings (SSSR count). The Morgan fingerprint density at radius 2 is 2.04 bits per heavy atom. The second-order valence-electron chi connectivity index (χ2n) is 6.38. The first-order valence-electron chi connectivity index (χ1n) is 8.89. The van der Waals surface area contributed by atoms with Crippen LogP contribution in [0.3, 0.4) is 0 Å². The van der Waals surface area contributed by atoms with Crippen LogP contribution in [0.2, 0.25) is 10.0 Å². The largest absolute Gasteiger partial charge is 0.355 e. The van der Waals surface area contributed by atoms with Gasteiger partial charge in [0.1, 0.15) is 0 Å². The zero-order chi connectivity index (χ0) is 19.5. The van der Waals surface area contributed by atoms with Crippen molar-refractivity contribution < 1.29 is 4.79 Å². The van der Waals surface area contributed by atoms with Crippen LogP contribution in [0, 0.1) is 0 Å². The highest BCUT2D eigenvalue weighted by Crippen LogP contribution is 2.34. The van der Waals surface area contributed by atoms with Crippen molar-refractivity contribution in [2.75, 3.05) is 6.54 Å². The summed E-state index contributed by atoms with van der Waals surface area (Å²) >= 11 is 13.8. The number of hydrogen-bond donors (Lipinski definition) is 1. The van der Waals surface area contributed by atoms with Gasteiger partial charge in [0.05, 0.1) is 21.0 Å². The molecule has 1 N–H and O–H groups in total. The molecule has 3 heterocycles. The summed E-state index contributed by atoms with van der Waals surface area (Å²) in [5.41, 5.74) is 1.59. The highest BCUT2D eigenvalue weighted by molar-refractivity contribution is 8.00. The van der Waals surface area contributed by atoms with E-state index >= 15 is 0 Å². The normalized spacial score (nSPS) is 17.2. The molecule has 1 aliphatic heterocycles. The Balaban J connectivity index is 1.79. The number of carbonyl (C=O) groups excluding carboxylic acids is 1. The van der Waals surface area contributed by atoms with Gasteiger partial charge in [0, 0.05) is 24.5 Å². The molecule has 1 saturated heterocycles. The molecule has 28 heavy (non-hydrogen) atoms. The molecule has 3 aromatic rings. The van der Waals surface area contributed by atoms with E-state index in [4.69, 9.17) is 23.2 Å². The minimum atomic E-state index is -0.213. The molecule has 144 valence electrons. The first kappa shape index (κ1) is 19.2. The number of nitrogens with one attached hydrogen (secondary N) is 1. The predicted molar refractivity (Wildman–Crippen MR) is 111 cm³/mol. The third kappa shape index (κ3) is 4.01. The van der Waals surface area contributed by atoms with Crippen LogP contribution < -0.4 is 5.32 Å². The molecular formula is C19H17Cl2N5OS. The summed E-state index contributed by atoms with van der Waals surface area (Å²) in [5.74, 6) is 0.664. The fraction of sp³-hybridized carbons (Fsp3) is 0.263. The highest BCUT2D eigenvalue weighted by atomic mass is 35.5. The van der Waals surface area contributed by atoms with Crippen LogP contribution in [0.4, 0.5) is 0 Å². The summed E-state index contributed by atoms with van der Waals surface area (Å²) < 4.78 is 1.89.